The summed E-state index contributed by atoms with van der Waals surface area (Å²) in [7, 11) is 0. The van der Waals surface area contributed by atoms with Gasteiger partial charge < -0.3 is 5.32 Å². The molecule has 0 aromatic heterocycles. The molecular formula is C11H13BrFN. The first-order valence-corrected chi connectivity index (χ1v) is 5.57. The SMILES string of the molecule is CC1(NCc2cc(Br)ccc2F)CC1. The zero-order chi connectivity index (χ0) is 10.2. The lowest BCUT2D eigenvalue weighted by Crippen LogP contribution is -2.27. The van der Waals surface area contributed by atoms with E-state index in [-0.39, 0.29) is 11.4 Å². The van der Waals surface area contributed by atoms with Gasteiger partial charge in [-0.1, -0.05) is 15.9 Å². The van der Waals surface area contributed by atoms with Gasteiger partial charge in [-0.2, -0.15) is 0 Å². The van der Waals surface area contributed by atoms with Crippen LogP contribution in [0.15, 0.2) is 22.7 Å². The van der Waals surface area contributed by atoms with Crippen LogP contribution in [0.1, 0.15) is 25.3 Å². The summed E-state index contributed by atoms with van der Waals surface area (Å²) >= 11 is 3.34. The van der Waals surface area contributed by atoms with E-state index < -0.39 is 0 Å². The van der Waals surface area contributed by atoms with Crippen molar-refractivity contribution in [1.29, 1.82) is 0 Å². The average molecular weight is 258 g/mol. The summed E-state index contributed by atoms with van der Waals surface area (Å²) in [6.45, 7) is 2.78. The van der Waals surface area contributed by atoms with Crippen LogP contribution in [-0.2, 0) is 6.54 Å². The fourth-order valence-electron chi connectivity index (χ4n) is 1.35. The molecule has 76 valence electrons. The molecule has 1 aromatic carbocycles. The van der Waals surface area contributed by atoms with E-state index in [0.29, 0.717) is 6.54 Å². The largest absolute Gasteiger partial charge is 0.307 e. The Hall–Kier alpha value is -0.410. The molecule has 3 heteroatoms. The lowest BCUT2D eigenvalue weighted by atomic mass is 10.2. The van der Waals surface area contributed by atoms with Crippen molar-refractivity contribution in [2.24, 2.45) is 0 Å². The molecule has 0 amide bonds. The highest BCUT2D eigenvalue weighted by Gasteiger charge is 2.36. The van der Waals surface area contributed by atoms with Gasteiger partial charge in [0.2, 0.25) is 0 Å². The second-order valence-electron chi connectivity index (χ2n) is 4.15. The van der Waals surface area contributed by atoms with Gasteiger partial charge in [0.05, 0.1) is 0 Å². The Morgan fingerprint density at radius 3 is 2.86 bits per heavy atom. The highest BCUT2D eigenvalue weighted by Crippen LogP contribution is 2.34. The van der Waals surface area contributed by atoms with Crippen LogP contribution < -0.4 is 5.32 Å². The third kappa shape index (κ3) is 2.34. The van der Waals surface area contributed by atoms with Crippen LogP contribution >= 0.6 is 15.9 Å². The molecule has 0 bridgehead atoms. The van der Waals surface area contributed by atoms with Crippen molar-refractivity contribution in [2.75, 3.05) is 0 Å². The quantitative estimate of drug-likeness (QED) is 0.877. The number of nitrogens with one attached hydrogen (secondary N) is 1. The zero-order valence-electron chi connectivity index (χ0n) is 8.11. The first-order valence-electron chi connectivity index (χ1n) is 4.78. The summed E-state index contributed by atoms with van der Waals surface area (Å²) in [6.07, 6.45) is 2.39. The second kappa shape index (κ2) is 3.63. The summed E-state index contributed by atoms with van der Waals surface area (Å²) in [5, 5.41) is 3.36. The fourth-order valence-corrected chi connectivity index (χ4v) is 1.76. The molecule has 1 N–H and O–H groups in total. The minimum atomic E-state index is -0.134. The summed E-state index contributed by atoms with van der Waals surface area (Å²) in [4.78, 5) is 0. The van der Waals surface area contributed by atoms with Crippen LogP contribution in [0.5, 0.6) is 0 Å². The molecule has 0 radical (unpaired) electrons. The molecule has 0 unspecified atom stereocenters. The van der Waals surface area contributed by atoms with E-state index in [0.717, 1.165) is 10.0 Å². The molecule has 0 saturated heterocycles. The number of hydrogen-bond acceptors (Lipinski definition) is 1. The van der Waals surface area contributed by atoms with E-state index in [9.17, 15) is 4.39 Å². The van der Waals surface area contributed by atoms with E-state index in [1.54, 1.807) is 6.07 Å². The van der Waals surface area contributed by atoms with Crippen LogP contribution in [0.25, 0.3) is 0 Å². The van der Waals surface area contributed by atoms with Gasteiger partial charge in [0, 0.05) is 22.1 Å². The maximum Gasteiger partial charge on any atom is 0.127 e. The Balaban J connectivity index is 2.04. The van der Waals surface area contributed by atoms with Crippen LogP contribution in [0, 0.1) is 5.82 Å². The molecule has 0 heterocycles. The predicted octanol–water partition coefficient (Wildman–Crippen LogP) is 3.23. The summed E-state index contributed by atoms with van der Waals surface area (Å²) in [6, 6.07) is 5.04. The third-order valence-electron chi connectivity index (χ3n) is 2.71. The topological polar surface area (TPSA) is 12.0 Å². The van der Waals surface area contributed by atoms with E-state index in [2.05, 4.69) is 28.2 Å². The van der Waals surface area contributed by atoms with Crippen LogP contribution in [-0.4, -0.2) is 5.54 Å². The number of rotatable bonds is 3. The van der Waals surface area contributed by atoms with Crippen LogP contribution in [0.3, 0.4) is 0 Å². The third-order valence-corrected chi connectivity index (χ3v) is 3.21. The first-order chi connectivity index (χ1) is 6.59. The molecule has 1 nitrogen and oxygen atoms in total. The van der Waals surface area contributed by atoms with Crippen molar-refractivity contribution >= 4 is 15.9 Å². The maximum absolute atomic E-state index is 13.3. The molecule has 0 atom stereocenters. The van der Waals surface area contributed by atoms with Crippen molar-refractivity contribution in [1.82, 2.24) is 5.32 Å². The average Bonchev–Trinajstić information content (AvgIpc) is 2.87. The minimum absolute atomic E-state index is 0.134. The Bertz CT molecular complexity index is 347. The number of halogens is 2. The molecule has 2 rings (SSSR count). The van der Waals surface area contributed by atoms with Gasteiger partial charge in [0.1, 0.15) is 5.82 Å². The van der Waals surface area contributed by atoms with E-state index >= 15 is 0 Å². The van der Waals surface area contributed by atoms with Gasteiger partial charge in [-0.3, -0.25) is 0 Å². The Labute approximate surface area is 91.8 Å². The Morgan fingerprint density at radius 2 is 2.21 bits per heavy atom. The van der Waals surface area contributed by atoms with Gasteiger partial charge in [-0.15, -0.1) is 0 Å². The molecule has 14 heavy (non-hydrogen) atoms. The lowest BCUT2D eigenvalue weighted by Gasteiger charge is -2.11. The second-order valence-corrected chi connectivity index (χ2v) is 5.07. The van der Waals surface area contributed by atoms with Crippen molar-refractivity contribution < 1.29 is 4.39 Å². The van der Waals surface area contributed by atoms with Crippen molar-refractivity contribution in [3.63, 3.8) is 0 Å². The van der Waals surface area contributed by atoms with Gasteiger partial charge in [0.15, 0.2) is 0 Å². The molecule has 1 aromatic rings. The van der Waals surface area contributed by atoms with E-state index in [1.807, 2.05) is 6.07 Å². The molecule has 1 saturated carbocycles. The van der Waals surface area contributed by atoms with Crippen molar-refractivity contribution in [2.45, 2.75) is 31.8 Å². The summed E-state index contributed by atoms with van der Waals surface area (Å²) < 4.78 is 14.2. The first kappa shape index (κ1) is 10.1. The monoisotopic (exact) mass is 257 g/mol. The smallest absolute Gasteiger partial charge is 0.127 e. The summed E-state index contributed by atoms with van der Waals surface area (Å²) in [5.74, 6) is -0.134. The van der Waals surface area contributed by atoms with Gasteiger partial charge in [-0.25, -0.2) is 4.39 Å². The Kier molecular flexibility index (Phi) is 2.62. The van der Waals surface area contributed by atoms with Crippen molar-refractivity contribution in [3.8, 4) is 0 Å². The summed E-state index contributed by atoms with van der Waals surface area (Å²) in [5.41, 5.74) is 0.988. The number of hydrogen-bond donors (Lipinski definition) is 1. The maximum atomic E-state index is 13.3. The normalized spacial score (nSPS) is 18.2. The predicted molar refractivity (Wildman–Crippen MR) is 58.6 cm³/mol. The highest BCUT2D eigenvalue weighted by atomic mass is 79.9. The molecule has 1 aliphatic rings. The molecule has 1 aliphatic carbocycles. The molecule has 1 fully saturated rings. The highest BCUT2D eigenvalue weighted by molar-refractivity contribution is 9.10. The minimum Gasteiger partial charge on any atom is -0.307 e. The van der Waals surface area contributed by atoms with Crippen molar-refractivity contribution in [3.05, 3.63) is 34.1 Å². The molecule has 0 spiro atoms. The van der Waals surface area contributed by atoms with Crippen LogP contribution in [0.4, 0.5) is 4.39 Å². The number of benzene rings is 1. The molecular weight excluding hydrogens is 245 g/mol. The van der Waals surface area contributed by atoms with Gasteiger partial charge in [-0.05, 0) is 38.0 Å². The van der Waals surface area contributed by atoms with Crippen LogP contribution in [0.2, 0.25) is 0 Å². The van der Waals surface area contributed by atoms with Gasteiger partial charge >= 0.3 is 0 Å². The van der Waals surface area contributed by atoms with Gasteiger partial charge in [0.25, 0.3) is 0 Å². The lowest BCUT2D eigenvalue weighted by molar-refractivity contribution is 0.518. The standard InChI is InChI=1S/C11H13BrFN/c1-11(4-5-11)14-7-8-6-9(12)2-3-10(8)13/h2-3,6,14H,4-5,7H2,1H3. The molecule has 0 aliphatic heterocycles. The zero-order valence-corrected chi connectivity index (χ0v) is 9.70. The van der Waals surface area contributed by atoms with E-state index in [1.165, 1.54) is 18.9 Å². The van der Waals surface area contributed by atoms with E-state index in [4.69, 9.17) is 0 Å². The fraction of sp³-hybridized carbons (Fsp3) is 0.455. The Morgan fingerprint density at radius 1 is 1.50 bits per heavy atom.